The number of piperazine rings is 1. The molecule has 2 aromatic heterocycles. The van der Waals surface area contributed by atoms with Crippen molar-refractivity contribution in [2.45, 2.75) is 13.0 Å². The average molecular weight is 217 g/mol. The Morgan fingerprint density at radius 1 is 1.50 bits per heavy atom. The Morgan fingerprint density at radius 2 is 2.44 bits per heavy atom. The van der Waals surface area contributed by atoms with Gasteiger partial charge in [0.1, 0.15) is 0 Å². The normalized spacial score (nSPS) is 21.6. The Hall–Kier alpha value is -1.62. The highest BCUT2D eigenvalue weighted by Crippen LogP contribution is 2.16. The first kappa shape index (κ1) is 9.59. The third kappa shape index (κ3) is 1.63. The lowest BCUT2D eigenvalue weighted by Gasteiger charge is -2.31. The Morgan fingerprint density at radius 3 is 3.25 bits per heavy atom. The first-order valence-corrected chi connectivity index (χ1v) is 5.62. The lowest BCUT2D eigenvalue weighted by molar-refractivity contribution is 0.480. The zero-order chi connectivity index (χ0) is 11.0. The molecule has 2 N–H and O–H groups in total. The van der Waals surface area contributed by atoms with E-state index in [1.165, 1.54) is 0 Å². The highest BCUT2D eigenvalue weighted by atomic mass is 15.3. The van der Waals surface area contributed by atoms with Crippen molar-refractivity contribution in [3.8, 4) is 0 Å². The number of anilines is 1. The molecule has 5 nitrogen and oxygen atoms in total. The van der Waals surface area contributed by atoms with E-state index in [9.17, 15) is 0 Å². The minimum atomic E-state index is 0.509. The molecule has 1 aliphatic heterocycles. The second kappa shape index (κ2) is 3.75. The standard InChI is InChI=1S/C11H15N5/c1-8-7-16(6-5-12-8)11-14-9-3-2-4-13-10(9)15-11/h2-4,8,12H,5-7H2,1H3,(H,13,14,15)/t8-/m1/s1. The van der Waals surface area contributed by atoms with Gasteiger partial charge in [-0.3, -0.25) is 0 Å². The van der Waals surface area contributed by atoms with Crippen LogP contribution in [0.3, 0.4) is 0 Å². The largest absolute Gasteiger partial charge is 0.340 e. The van der Waals surface area contributed by atoms with Gasteiger partial charge in [-0.25, -0.2) is 4.98 Å². The quantitative estimate of drug-likeness (QED) is 0.740. The summed E-state index contributed by atoms with van der Waals surface area (Å²) in [5, 5.41) is 3.42. The molecule has 1 fully saturated rings. The van der Waals surface area contributed by atoms with Gasteiger partial charge in [0.2, 0.25) is 5.95 Å². The van der Waals surface area contributed by atoms with Crippen molar-refractivity contribution in [1.29, 1.82) is 0 Å². The van der Waals surface area contributed by atoms with Crippen LogP contribution in [0.4, 0.5) is 5.95 Å². The number of nitrogens with zero attached hydrogens (tertiary/aromatic N) is 3. The van der Waals surface area contributed by atoms with Crippen molar-refractivity contribution in [2.24, 2.45) is 0 Å². The van der Waals surface area contributed by atoms with E-state index in [4.69, 9.17) is 0 Å². The van der Waals surface area contributed by atoms with Crippen molar-refractivity contribution in [1.82, 2.24) is 20.3 Å². The van der Waals surface area contributed by atoms with E-state index in [0.717, 1.165) is 36.7 Å². The maximum atomic E-state index is 4.50. The van der Waals surface area contributed by atoms with E-state index >= 15 is 0 Å². The van der Waals surface area contributed by atoms with E-state index in [2.05, 4.69) is 32.1 Å². The van der Waals surface area contributed by atoms with E-state index in [1.807, 2.05) is 12.1 Å². The van der Waals surface area contributed by atoms with Crippen molar-refractivity contribution >= 4 is 17.1 Å². The molecule has 0 amide bonds. The van der Waals surface area contributed by atoms with E-state index in [1.54, 1.807) is 6.20 Å². The molecular weight excluding hydrogens is 202 g/mol. The Kier molecular flexibility index (Phi) is 2.25. The Balaban J connectivity index is 1.93. The van der Waals surface area contributed by atoms with Gasteiger partial charge in [0.05, 0.1) is 5.52 Å². The summed E-state index contributed by atoms with van der Waals surface area (Å²) in [5.74, 6) is 0.932. The fraction of sp³-hybridized carbons (Fsp3) is 0.455. The van der Waals surface area contributed by atoms with Crippen LogP contribution >= 0.6 is 0 Å². The molecule has 0 saturated carbocycles. The number of imidazole rings is 1. The molecule has 5 heteroatoms. The Labute approximate surface area is 93.9 Å². The third-order valence-corrected chi connectivity index (χ3v) is 2.91. The SMILES string of the molecule is C[C@@H]1CN(c2nc3ncccc3[nH]2)CCN1. The summed E-state index contributed by atoms with van der Waals surface area (Å²) < 4.78 is 0. The Bertz CT molecular complexity index is 459. The summed E-state index contributed by atoms with van der Waals surface area (Å²) in [6, 6.07) is 4.43. The second-order valence-electron chi connectivity index (χ2n) is 4.24. The summed E-state index contributed by atoms with van der Waals surface area (Å²) in [5.41, 5.74) is 1.80. The zero-order valence-electron chi connectivity index (χ0n) is 9.27. The van der Waals surface area contributed by atoms with Gasteiger partial charge in [0.25, 0.3) is 0 Å². The molecule has 3 heterocycles. The number of hydrogen-bond acceptors (Lipinski definition) is 4. The van der Waals surface area contributed by atoms with Crippen LogP contribution in [0, 0.1) is 0 Å². The molecule has 0 radical (unpaired) electrons. The van der Waals surface area contributed by atoms with Gasteiger partial charge in [-0.1, -0.05) is 0 Å². The highest BCUT2D eigenvalue weighted by Gasteiger charge is 2.18. The number of hydrogen-bond donors (Lipinski definition) is 2. The number of nitrogens with one attached hydrogen (secondary N) is 2. The van der Waals surface area contributed by atoms with Crippen molar-refractivity contribution < 1.29 is 0 Å². The maximum Gasteiger partial charge on any atom is 0.205 e. The monoisotopic (exact) mass is 217 g/mol. The molecule has 0 spiro atoms. The molecule has 84 valence electrons. The van der Waals surface area contributed by atoms with Crippen LogP contribution in [0.25, 0.3) is 11.2 Å². The lowest BCUT2D eigenvalue weighted by Crippen LogP contribution is -2.49. The minimum Gasteiger partial charge on any atom is -0.340 e. The molecule has 1 saturated heterocycles. The van der Waals surface area contributed by atoms with Crippen LogP contribution in [0.1, 0.15) is 6.92 Å². The molecule has 2 aromatic rings. The number of aromatic amines is 1. The molecule has 0 unspecified atom stereocenters. The first-order chi connectivity index (χ1) is 7.83. The summed E-state index contributed by atoms with van der Waals surface area (Å²) in [7, 11) is 0. The molecule has 3 rings (SSSR count). The zero-order valence-corrected chi connectivity index (χ0v) is 9.27. The number of rotatable bonds is 1. The van der Waals surface area contributed by atoms with Gasteiger partial charge in [0, 0.05) is 31.9 Å². The summed E-state index contributed by atoms with van der Waals surface area (Å²) >= 11 is 0. The van der Waals surface area contributed by atoms with E-state index in [-0.39, 0.29) is 0 Å². The third-order valence-electron chi connectivity index (χ3n) is 2.91. The van der Waals surface area contributed by atoms with Gasteiger partial charge in [-0.15, -0.1) is 0 Å². The van der Waals surface area contributed by atoms with Gasteiger partial charge in [0.15, 0.2) is 5.65 Å². The van der Waals surface area contributed by atoms with Crippen molar-refractivity contribution in [2.75, 3.05) is 24.5 Å². The number of fused-ring (bicyclic) bond motifs is 1. The van der Waals surface area contributed by atoms with Gasteiger partial charge in [-0.05, 0) is 19.1 Å². The minimum absolute atomic E-state index is 0.509. The van der Waals surface area contributed by atoms with E-state index < -0.39 is 0 Å². The summed E-state index contributed by atoms with van der Waals surface area (Å²) in [6.07, 6.45) is 1.77. The summed E-state index contributed by atoms with van der Waals surface area (Å²) in [4.78, 5) is 14.3. The predicted octanol–water partition coefficient (Wildman–Crippen LogP) is 0.756. The number of aromatic nitrogens is 3. The summed E-state index contributed by atoms with van der Waals surface area (Å²) in [6.45, 7) is 5.17. The first-order valence-electron chi connectivity index (χ1n) is 5.62. The van der Waals surface area contributed by atoms with Crippen LogP contribution in [0.5, 0.6) is 0 Å². The van der Waals surface area contributed by atoms with Gasteiger partial charge >= 0.3 is 0 Å². The molecule has 0 bridgehead atoms. The maximum absolute atomic E-state index is 4.50. The highest BCUT2D eigenvalue weighted by molar-refractivity contribution is 5.73. The molecule has 0 aliphatic carbocycles. The molecule has 16 heavy (non-hydrogen) atoms. The number of pyridine rings is 1. The molecule has 0 aromatic carbocycles. The molecular formula is C11H15N5. The van der Waals surface area contributed by atoms with Crippen molar-refractivity contribution in [3.63, 3.8) is 0 Å². The topological polar surface area (TPSA) is 56.8 Å². The van der Waals surface area contributed by atoms with Crippen LogP contribution in [-0.2, 0) is 0 Å². The fourth-order valence-electron chi connectivity index (χ4n) is 2.11. The van der Waals surface area contributed by atoms with Crippen LogP contribution in [0.2, 0.25) is 0 Å². The molecule has 1 aliphatic rings. The van der Waals surface area contributed by atoms with E-state index in [0.29, 0.717) is 6.04 Å². The van der Waals surface area contributed by atoms with Crippen molar-refractivity contribution in [3.05, 3.63) is 18.3 Å². The van der Waals surface area contributed by atoms with Crippen LogP contribution in [0.15, 0.2) is 18.3 Å². The predicted molar refractivity (Wildman–Crippen MR) is 63.6 cm³/mol. The fourth-order valence-corrected chi connectivity index (χ4v) is 2.11. The average Bonchev–Trinajstić information content (AvgIpc) is 2.72. The van der Waals surface area contributed by atoms with Crippen LogP contribution in [-0.4, -0.2) is 40.6 Å². The van der Waals surface area contributed by atoms with Gasteiger partial charge < -0.3 is 15.2 Å². The smallest absolute Gasteiger partial charge is 0.205 e. The number of H-pyrrole nitrogens is 1. The molecule has 1 atom stereocenters. The lowest BCUT2D eigenvalue weighted by atomic mass is 10.2. The van der Waals surface area contributed by atoms with Gasteiger partial charge in [-0.2, -0.15) is 4.98 Å². The second-order valence-corrected chi connectivity index (χ2v) is 4.24. The van der Waals surface area contributed by atoms with Crippen LogP contribution < -0.4 is 10.2 Å².